The molecular weight excluding hydrogens is 403 g/mol. The molecule has 1 heterocycles. The largest absolute Gasteiger partial charge is 0.416 e. The number of sulfonamides is 1. The fourth-order valence-corrected chi connectivity index (χ4v) is 4.14. The molecule has 3 rings (SSSR count). The van der Waals surface area contributed by atoms with Crippen molar-refractivity contribution in [1.29, 1.82) is 0 Å². The van der Waals surface area contributed by atoms with Gasteiger partial charge in [0.25, 0.3) is 0 Å². The predicted molar refractivity (Wildman–Crippen MR) is 107 cm³/mol. The van der Waals surface area contributed by atoms with E-state index in [9.17, 15) is 21.6 Å². The molecule has 0 saturated carbocycles. The van der Waals surface area contributed by atoms with Crippen molar-refractivity contribution in [3.8, 4) is 0 Å². The average Bonchev–Trinajstić information content (AvgIpc) is 2.59. The summed E-state index contributed by atoms with van der Waals surface area (Å²) in [5.74, 6) is 0. The van der Waals surface area contributed by atoms with E-state index in [1.807, 2.05) is 0 Å². The highest BCUT2D eigenvalue weighted by Crippen LogP contribution is 2.34. The van der Waals surface area contributed by atoms with Crippen LogP contribution in [-0.2, 0) is 16.2 Å². The van der Waals surface area contributed by atoms with Crippen molar-refractivity contribution in [3.63, 3.8) is 0 Å². The first-order chi connectivity index (χ1) is 13.5. The van der Waals surface area contributed by atoms with Crippen molar-refractivity contribution in [3.05, 3.63) is 59.8 Å². The molecule has 0 amide bonds. The van der Waals surface area contributed by atoms with Gasteiger partial charge >= 0.3 is 6.18 Å². The lowest BCUT2D eigenvalue weighted by Gasteiger charge is -2.14. The normalized spacial score (nSPS) is 12.5. The van der Waals surface area contributed by atoms with E-state index in [1.54, 1.807) is 39.0 Å². The number of hydrogen-bond acceptors (Lipinski definition) is 4. The summed E-state index contributed by atoms with van der Waals surface area (Å²) in [5.41, 5.74) is 1.20. The molecule has 154 valence electrons. The number of benzene rings is 2. The second kappa shape index (κ2) is 7.64. The number of rotatable bonds is 5. The molecule has 3 aromatic rings. The lowest BCUT2D eigenvalue weighted by molar-refractivity contribution is -0.137. The number of anilines is 2. The van der Waals surface area contributed by atoms with Gasteiger partial charge in [-0.15, -0.1) is 0 Å². The number of hydrogen-bond donors (Lipinski definition) is 2. The summed E-state index contributed by atoms with van der Waals surface area (Å²) in [6.45, 7) is 5.15. The van der Waals surface area contributed by atoms with Crippen LogP contribution in [0.3, 0.4) is 0 Å². The standard InChI is InChI=1S/C20H20F3N3O2S/c1-12(2)26-29(27,28)16-7-5-15(6-8-16)25-18-10-13(3)24-19-11-14(20(21,22)23)4-9-17(18)19/h4-12,26H,1-3H3,(H,24,25). The molecule has 0 aliphatic carbocycles. The van der Waals surface area contributed by atoms with Crippen LogP contribution in [0.15, 0.2) is 53.4 Å². The van der Waals surface area contributed by atoms with Crippen LogP contribution in [0, 0.1) is 6.92 Å². The van der Waals surface area contributed by atoms with Gasteiger partial charge in [-0.2, -0.15) is 13.2 Å². The Morgan fingerprint density at radius 2 is 1.66 bits per heavy atom. The monoisotopic (exact) mass is 423 g/mol. The maximum absolute atomic E-state index is 13.0. The molecule has 5 nitrogen and oxygen atoms in total. The van der Waals surface area contributed by atoms with Crippen LogP contribution in [0.1, 0.15) is 25.1 Å². The predicted octanol–water partition coefficient (Wildman–Crippen LogP) is 4.99. The summed E-state index contributed by atoms with van der Waals surface area (Å²) in [7, 11) is -3.60. The molecule has 1 aromatic heterocycles. The summed E-state index contributed by atoms with van der Waals surface area (Å²) >= 11 is 0. The van der Waals surface area contributed by atoms with Crippen molar-refractivity contribution in [1.82, 2.24) is 9.71 Å². The number of nitrogens with one attached hydrogen (secondary N) is 2. The van der Waals surface area contributed by atoms with Gasteiger partial charge in [-0.1, -0.05) is 6.07 Å². The number of halogens is 3. The Bertz CT molecular complexity index is 1140. The van der Waals surface area contributed by atoms with Gasteiger partial charge in [0.1, 0.15) is 0 Å². The lowest BCUT2D eigenvalue weighted by atomic mass is 10.1. The summed E-state index contributed by atoms with van der Waals surface area (Å²) in [6.07, 6.45) is -4.45. The fourth-order valence-electron chi connectivity index (χ4n) is 2.89. The maximum atomic E-state index is 13.0. The second-order valence-electron chi connectivity index (χ2n) is 6.97. The first kappa shape index (κ1) is 21.1. The van der Waals surface area contributed by atoms with Crippen LogP contribution >= 0.6 is 0 Å². The minimum Gasteiger partial charge on any atom is -0.355 e. The molecule has 0 aliphatic heterocycles. The number of nitrogens with zero attached hydrogens (tertiary/aromatic N) is 1. The molecule has 0 fully saturated rings. The SMILES string of the molecule is Cc1cc(Nc2ccc(S(=O)(=O)NC(C)C)cc2)c2ccc(C(F)(F)F)cc2n1. The van der Waals surface area contributed by atoms with Crippen molar-refractivity contribution < 1.29 is 21.6 Å². The fraction of sp³-hybridized carbons (Fsp3) is 0.250. The van der Waals surface area contributed by atoms with Crippen LogP contribution in [0.2, 0.25) is 0 Å². The van der Waals surface area contributed by atoms with Gasteiger partial charge in [-0.05, 0) is 63.2 Å². The molecule has 0 unspecified atom stereocenters. The highest BCUT2D eigenvalue weighted by molar-refractivity contribution is 7.89. The van der Waals surface area contributed by atoms with E-state index >= 15 is 0 Å². The molecule has 0 atom stereocenters. The minimum absolute atomic E-state index is 0.127. The Morgan fingerprint density at radius 3 is 2.24 bits per heavy atom. The highest BCUT2D eigenvalue weighted by Gasteiger charge is 2.30. The van der Waals surface area contributed by atoms with Crippen LogP contribution in [0.4, 0.5) is 24.5 Å². The molecule has 2 N–H and O–H groups in total. The molecule has 29 heavy (non-hydrogen) atoms. The quantitative estimate of drug-likeness (QED) is 0.606. The molecule has 0 radical (unpaired) electrons. The zero-order chi connectivity index (χ0) is 21.4. The summed E-state index contributed by atoms with van der Waals surface area (Å²) in [5, 5.41) is 3.66. The number of pyridine rings is 1. The number of fused-ring (bicyclic) bond motifs is 1. The second-order valence-corrected chi connectivity index (χ2v) is 8.68. The van der Waals surface area contributed by atoms with E-state index < -0.39 is 21.8 Å². The van der Waals surface area contributed by atoms with Gasteiger partial charge in [-0.3, -0.25) is 4.98 Å². The molecule has 0 saturated heterocycles. The van der Waals surface area contributed by atoms with E-state index in [4.69, 9.17) is 0 Å². The third-order valence-electron chi connectivity index (χ3n) is 4.10. The molecular formula is C20H20F3N3O2S. The van der Waals surface area contributed by atoms with Crippen molar-refractivity contribution >= 4 is 32.3 Å². The van der Waals surface area contributed by atoms with E-state index in [1.165, 1.54) is 18.2 Å². The Morgan fingerprint density at radius 1 is 1.00 bits per heavy atom. The number of alkyl halides is 3. The van der Waals surface area contributed by atoms with Crippen molar-refractivity contribution in [2.24, 2.45) is 0 Å². The Kier molecular flexibility index (Phi) is 5.55. The summed E-state index contributed by atoms with van der Waals surface area (Å²) < 4.78 is 65.9. The molecule has 9 heteroatoms. The van der Waals surface area contributed by atoms with E-state index in [0.717, 1.165) is 12.1 Å². The minimum atomic E-state index is -4.45. The van der Waals surface area contributed by atoms with Crippen LogP contribution in [-0.4, -0.2) is 19.4 Å². The van der Waals surface area contributed by atoms with Gasteiger partial charge in [0.15, 0.2) is 0 Å². The first-order valence-corrected chi connectivity index (χ1v) is 10.3. The topological polar surface area (TPSA) is 71.1 Å². The molecule has 0 aliphatic rings. The molecule has 2 aromatic carbocycles. The van der Waals surface area contributed by atoms with Crippen LogP contribution in [0.25, 0.3) is 10.9 Å². The van der Waals surface area contributed by atoms with Gasteiger partial charge < -0.3 is 5.32 Å². The highest BCUT2D eigenvalue weighted by atomic mass is 32.2. The van der Waals surface area contributed by atoms with Crippen molar-refractivity contribution in [2.45, 2.75) is 37.9 Å². The van der Waals surface area contributed by atoms with Crippen LogP contribution < -0.4 is 10.0 Å². The third-order valence-corrected chi connectivity index (χ3v) is 5.77. The Balaban J connectivity index is 1.94. The smallest absolute Gasteiger partial charge is 0.355 e. The summed E-state index contributed by atoms with van der Waals surface area (Å²) in [4.78, 5) is 4.33. The third kappa shape index (κ3) is 4.86. The lowest BCUT2D eigenvalue weighted by Crippen LogP contribution is -2.30. The zero-order valence-corrected chi connectivity index (χ0v) is 16.8. The number of aryl methyl sites for hydroxylation is 1. The first-order valence-electron chi connectivity index (χ1n) is 8.84. The maximum Gasteiger partial charge on any atom is 0.416 e. The zero-order valence-electron chi connectivity index (χ0n) is 16.0. The van der Waals surface area contributed by atoms with Gasteiger partial charge in [0.05, 0.1) is 16.0 Å². The van der Waals surface area contributed by atoms with Gasteiger partial charge in [0, 0.05) is 28.5 Å². The molecule has 0 bridgehead atoms. The number of aromatic nitrogens is 1. The van der Waals surface area contributed by atoms with Crippen LogP contribution in [0.5, 0.6) is 0 Å². The van der Waals surface area contributed by atoms with E-state index in [2.05, 4.69) is 15.0 Å². The molecule has 0 spiro atoms. The summed E-state index contributed by atoms with van der Waals surface area (Å²) in [6, 6.07) is 11.0. The van der Waals surface area contributed by atoms with Gasteiger partial charge in [0.2, 0.25) is 10.0 Å². The van der Waals surface area contributed by atoms with E-state index in [-0.39, 0.29) is 16.5 Å². The van der Waals surface area contributed by atoms with Gasteiger partial charge in [-0.25, -0.2) is 13.1 Å². The van der Waals surface area contributed by atoms with Crippen molar-refractivity contribution in [2.75, 3.05) is 5.32 Å². The van der Waals surface area contributed by atoms with E-state index in [0.29, 0.717) is 22.5 Å². The Labute approximate surface area is 167 Å². The Hall–Kier alpha value is -2.65. The average molecular weight is 423 g/mol.